The Morgan fingerprint density at radius 1 is 1.22 bits per heavy atom. The molecule has 0 aliphatic heterocycles. The highest BCUT2D eigenvalue weighted by molar-refractivity contribution is 5.12. The zero-order valence-electron chi connectivity index (χ0n) is 12.7. The lowest BCUT2D eigenvalue weighted by molar-refractivity contribution is 0.187. The molecule has 1 rings (SSSR count). The normalized spacial score (nSPS) is 13.8. The highest BCUT2D eigenvalue weighted by Gasteiger charge is 2.14. The average Bonchev–Trinajstić information content (AvgIpc) is 2.72. The molecule has 3 heteroatoms. The Labute approximate surface area is 112 Å². The lowest BCUT2D eigenvalue weighted by atomic mass is 10.1. The van der Waals surface area contributed by atoms with E-state index in [1.165, 1.54) is 5.56 Å². The lowest BCUT2D eigenvalue weighted by Crippen LogP contribution is -2.32. The fourth-order valence-electron chi connectivity index (χ4n) is 1.82. The third-order valence-electron chi connectivity index (χ3n) is 3.49. The molecule has 3 nitrogen and oxygen atoms in total. The minimum atomic E-state index is 0.506. The Kier molecular flexibility index (Phi) is 5.89. The number of rotatable bonds is 7. The predicted molar refractivity (Wildman–Crippen MR) is 76.5 cm³/mol. The zero-order valence-corrected chi connectivity index (χ0v) is 12.7. The summed E-state index contributed by atoms with van der Waals surface area (Å²) in [6.45, 7) is 12.8. The maximum atomic E-state index is 5.62. The average molecular weight is 252 g/mol. The molecule has 18 heavy (non-hydrogen) atoms. The number of nitrogens with zero attached hydrogens (tertiary/aromatic N) is 1. The third kappa shape index (κ3) is 4.83. The Morgan fingerprint density at radius 2 is 1.89 bits per heavy atom. The summed E-state index contributed by atoms with van der Waals surface area (Å²) in [4.78, 5) is 2.34. The van der Waals surface area contributed by atoms with E-state index in [4.69, 9.17) is 4.42 Å². The van der Waals surface area contributed by atoms with Crippen molar-refractivity contribution in [3.63, 3.8) is 0 Å². The Balaban J connectivity index is 2.48. The summed E-state index contributed by atoms with van der Waals surface area (Å²) in [5, 5.41) is 3.40. The van der Waals surface area contributed by atoms with Gasteiger partial charge >= 0.3 is 0 Å². The van der Waals surface area contributed by atoms with E-state index < -0.39 is 0 Å². The molecule has 1 heterocycles. The van der Waals surface area contributed by atoms with E-state index in [1.54, 1.807) is 0 Å². The van der Waals surface area contributed by atoms with Crippen molar-refractivity contribution in [1.82, 2.24) is 10.2 Å². The first-order valence-electron chi connectivity index (χ1n) is 6.90. The predicted octanol–water partition coefficient (Wildman–Crippen LogP) is 3.25. The van der Waals surface area contributed by atoms with E-state index >= 15 is 0 Å². The molecule has 0 saturated heterocycles. The number of hydrogen-bond donors (Lipinski definition) is 1. The highest BCUT2D eigenvalue weighted by Crippen LogP contribution is 2.14. The molecule has 1 N–H and O–H groups in total. The van der Waals surface area contributed by atoms with Gasteiger partial charge in [-0.2, -0.15) is 0 Å². The molecule has 1 unspecified atom stereocenters. The van der Waals surface area contributed by atoms with E-state index in [1.807, 2.05) is 6.26 Å². The molecule has 0 aliphatic carbocycles. The van der Waals surface area contributed by atoms with Crippen molar-refractivity contribution in [1.29, 1.82) is 0 Å². The van der Waals surface area contributed by atoms with Gasteiger partial charge in [0.2, 0.25) is 0 Å². The van der Waals surface area contributed by atoms with Crippen molar-refractivity contribution in [2.45, 2.75) is 59.8 Å². The zero-order chi connectivity index (χ0) is 13.7. The Morgan fingerprint density at radius 3 is 2.44 bits per heavy atom. The van der Waals surface area contributed by atoms with Gasteiger partial charge in [0.25, 0.3) is 0 Å². The van der Waals surface area contributed by atoms with Crippen LogP contribution in [0.3, 0.4) is 0 Å². The second kappa shape index (κ2) is 6.95. The van der Waals surface area contributed by atoms with Gasteiger partial charge in [-0.25, -0.2) is 0 Å². The minimum Gasteiger partial charge on any atom is -0.468 e. The molecule has 0 fully saturated rings. The van der Waals surface area contributed by atoms with Crippen molar-refractivity contribution in [2.24, 2.45) is 5.92 Å². The second-order valence-electron chi connectivity index (χ2n) is 5.86. The van der Waals surface area contributed by atoms with Crippen LogP contribution < -0.4 is 5.32 Å². The highest BCUT2D eigenvalue weighted by atomic mass is 16.3. The van der Waals surface area contributed by atoms with Gasteiger partial charge < -0.3 is 9.73 Å². The second-order valence-corrected chi connectivity index (χ2v) is 5.86. The van der Waals surface area contributed by atoms with Crippen LogP contribution in [-0.2, 0) is 13.1 Å². The van der Waals surface area contributed by atoms with Crippen molar-refractivity contribution in [3.8, 4) is 0 Å². The fraction of sp³-hybridized carbons (Fsp3) is 0.733. The standard InChI is InChI=1S/C15H28N2O/c1-11(2)13(5)17(6)9-15-7-14(10-18-15)8-16-12(3)4/h7,10-13,16H,8-9H2,1-6H3. The molecule has 0 saturated carbocycles. The van der Waals surface area contributed by atoms with Crippen LogP contribution in [0.4, 0.5) is 0 Å². The summed E-state index contributed by atoms with van der Waals surface area (Å²) in [7, 11) is 2.15. The molecule has 0 spiro atoms. The molecule has 0 amide bonds. The molecule has 1 aromatic heterocycles. The van der Waals surface area contributed by atoms with Gasteiger partial charge in [-0.15, -0.1) is 0 Å². The van der Waals surface area contributed by atoms with Crippen LogP contribution in [0.25, 0.3) is 0 Å². The van der Waals surface area contributed by atoms with Gasteiger partial charge in [-0.3, -0.25) is 4.90 Å². The molecular weight excluding hydrogens is 224 g/mol. The first-order chi connectivity index (χ1) is 8.40. The van der Waals surface area contributed by atoms with Crippen LogP contribution >= 0.6 is 0 Å². The maximum absolute atomic E-state index is 5.62. The van der Waals surface area contributed by atoms with Crippen molar-refractivity contribution >= 4 is 0 Å². The monoisotopic (exact) mass is 252 g/mol. The van der Waals surface area contributed by atoms with E-state index in [0.29, 0.717) is 18.0 Å². The quantitative estimate of drug-likeness (QED) is 0.807. The fourth-order valence-corrected chi connectivity index (χ4v) is 1.82. The molecule has 1 atom stereocenters. The van der Waals surface area contributed by atoms with Gasteiger partial charge in [0.15, 0.2) is 0 Å². The summed E-state index contributed by atoms with van der Waals surface area (Å²) >= 11 is 0. The smallest absolute Gasteiger partial charge is 0.118 e. The van der Waals surface area contributed by atoms with Gasteiger partial charge in [0.05, 0.1) is 12.8 Å². The van der Waals surface area contributed by atoms with Crippen LogP contribution in [0.1, 0.15) is 45.9 Å². The Bertz CT molecular complexity index is 344. The van der Waals surface area contributed by atoms with Gasteiger partial charge in [0.1, 0.15) is 5.76 Å². The van der Waals surface area contributed by atoms with Crippen LogP contribution in [0.5, 0.6) is 0 Å². The van der Waals surface area contributed by atoms with Crippen LogP contribution in [0.15, 0.2) is 16.7 Å². The largest absolute Gasteiger partial charge is 0.468 e. The molecule has 104 valence electrons. The molecule has 0 bridgehead atoms. The van der Waals surface area contributed by atoms with Crippen molar-refractivity contribution < 1.29 is 4.42 Å². The maximum Gasteiger partial charge on any atom is 0.118 e. The van der Waals surface area contributed by atoms with Crippen LogP contribution in [0, 0.1) is 5.92 Å². The number of hydrogen-bond acceptors (Lipinski definition) is 3. The minimum absolute atomic E-state index is 0.506. The van der Waals surface area contributed by atoms with Crippen LogP contribution in [-0.4, -0.2) is 24.0 Å². The molecular formula is C15H28N2O. The van der Waals surface area contributed by atoms with E-state index in [2.05, 4.69) is 57.9 Å². The van der Waals surface area contributed by atoms with Gasteiger partial charge in [0, 0.05) is 24.2 Å². The first-order valence-corrected chi connectivity index (χ1v) is 6.90. The molecule has 0 aromatic carbocycles. The van der Waals surface area contributed by atoms with Crippen molar-refractivity contribution in [3.05, 3.63) is 23.7 Å². The summed E-state index contributed by atoms with van der Waals surface area (Å²) in [5.74, 6) is 1.71. The van der Waals surface area contributed by atoms with Gasteiger partial charge in [-0.1, -0.05) is 27.7 Å². The van der Waals surface area contributed by atoms with Crippen LogP contribution in [0.2, 0.25) is 0 Å². The third-order valence-corrected chi connectivity index (χ3v) is 3.49. The van der Waals surface area contributed by atoms with E-state index in [9.17, 15) is 0 Å². The summed E-state index contributed by atoms with van der Waals surface area (Å²) in [5.41, 5.74) is 1.23. The summed E-state index contributed by atoms with van der Waals surface area (Å²) in [6, 6.07) is 3.22. The summed E-state index contributed by atoms with van der Waals surface area (Å²) in [6.07, 6.45) is 1.86. The SMILES string of the molecule is CC(C)NCc1coc(CN(C)C(C)C(C)C)c1. The van der Waals surface area contributed by atoms with Crippen molar-refractivity contribution in [2.75, 3.05) is 7.05 Å². The number of furan rings is 1. The molecule has 0 radical (unpaired) electrons. The molecule has 0 aliphatic rings. The number of nitrogens with one attached hydrogen (secondary N) is 1. The van der Waals surface area contributed by atoms with Gasteiger partial charge in [-0.05, 0) is 26.0 Å². The molecule has 1 aromatic rings. The Hall–Kier alpha value is -0.800. The lowest BCUT2D eigenvalue weighted by Gasteiger charge is -2.26. The summed E-state index contributed by atoms with van der Waals surface area (Å²) < 4.78 is 5.62. The first kappa shape index (κ1) is 15.3. The van der Waals surface area contributed by atoms with E-state index in [-0.39, 0.29) is 0 Å². The van der Waals surface area contributed by atoms with E-state index in [0.717, 1.165) is 18.8 Å². The topological polar surface area (TPSA) is 28.4 Å².